The highest BCUT2D eigenvalue weighted by Gasteiger charge is 2.18. The molecule has 0 amide bonds. The molecule has 0 saturated carbocycles. The number of imidazole rings is 1. The van der Waals surface area contributed by atoms with Crippen LogP contribution in [-0.2, 0) is 21.3 Å². The molecule has 1 aromatic heterocycles. The number of aliphatic imine (C=N–C) groups is 1. The van der Waals surface area contributed by atoms with Gasteiger partial charge in [-0.25, -0.2) is 18.1 Å². The molecule has 1 unspecified atom stereocenters. The Hall–Kier alpha value is -1.70. The van der Waals surface area contributed by atoms with E-state index in [1.165, 1.54) is 0 Å². The third-order valence-corrected chi connectivity index (χ3v) is 6.48. The van der Waals surface area contributed by atoms with Gasteiger partial charge in [-0.3, -0.25) is 4.99 Å². The second-order valence-corrected chi connectivity index (χ2v) is 9.52. The lowest BCUT2D eigenvalue weighted by Gasteiger charge is -2.23. The lowest BCUT2D eigenvalue weighted by atomic mass is 10.1. The van der Waals surface area contributed by atoms with E-state index in [0.717, 1.165) is 36.3 Å². The van der Waals surface area contributed by atoms with E-state index < -0.39 is 10.0 Å². The quantitative estimate of drug-likeness (QED) is 0.240. The number of rotatable bonds is 9. The monoisotopic (exact) mass is 576 g/mol. The first kappa shape index (κ1) is 26.6. The van der Waals surface area contributed by atoms with Crippen molar-refractivity contribution in [3.8, 4) is 11.3 Å². The molecule has 3 N–H and O–H groups in total. The topological polar surface area (TPSA) is 112 Å². The fourth-order valence-corrected chi connectivity index (χ4v) is 4.40. The van der Waals surface area contributed by atoms with Gasteiger partial charge in [-0.2, -0.15) is 0 Å². The van der Waals surface area contributed by atoms with Crippen LogP contribution in [0.25, 0.3) is 11.3 Å². The number of nitrogens with one attached hydrogen (secondary N) is 3. The Morgan fingerprint density at radius 2 is 2.09 bits per heavy atom. The first-order valence-electron chi connectivity index (χ1n) is 10.6. The van der Waals surface area contributed by atoms with Crippen LogP contribution in [0.1, 0.15) is 25.1 Å². The largest absolute Gasteiger partial charge is 0.377 e. The molecular formula is C21H33IN6O3S. The summed E-state index contributed by atoms with van der Waals surface area (Å²) in [5.74, 6) is 1.36. The molecule has 1 atom stereocenters. The highest BCUT2D eigenvalue weighted by molar-refractivity contribution is 14.0. The predicted octanol–water partition coefficient (Wildman–Crippen LogP) is 2.19. The van der Waals surface area contributed by atoms with Crippen molar-refractivity contribution >= 4 is 40.0 Å². The molecule has 0 bridgehead atoms. The highest BCUT2D eigenvalue weighted by Crippen LogP contribution is 2.16. The van der Waals surface area contributed by atoms with E-state index >= 15 is 0 Å². The van der Waals surface area contributed by atoms with Crippen LogP contribution >= 0.6 is 24.0 Å². The molecule has 3 rings (SSSR count). The number of ether oxygens (including phenoxy) is 1. The number of hydrogen-bond donors (Lipinski definition) is 3. The minimum Gasteiger partial charge on any atom is -0.377 e. The van der Waals surface area contributed by atoms with Gasteiger partial charge < -0.3 is 19.9 Å². The molecule has 9 nitrogen and oxygen atoms in total. The van der Waals surface area contributed by atoms with Crippen molar-refractivity contribution < 1.29 is 13.2 Å². The molecule has 2 heterocycles. The van der Waals surface area contributed by atoms with Crippen LogP contribution in [0.2, 0.25) is 0 Å². The molecule has 11 heteroatoms. The van der Waals surface area contributed by atoms with Crippen LogP contribution in [0.4, 0.5) is 0 Å². The van der Waals surface area contributed by atoms with Crippen molar-refractivity contribution in [1.29, 1.82) is 0 Å². The van der Waals surface area contributed by atoms with Gasteiger partial charge in [-0.15, -0.1) is 24.0 Å². The maximum absolute atomic E-state index is 12.3. The van der Waals surface area contributed by atoms with Crippen molar-refractivity contribution in [2.45, 2.75) is 31.9 Å². The summed E-state index contributed by atoms with van der Waals surface area (Å²) in [5, 5.41) is 3.11. The number of sulfonamides is 1. The molecule has 2 aromatic rings. The molecule has 0 spiro atoms. The second kappa shape index (κ2) is 13.1. The Morgan fingerprint density at radius 1 is 1.31 bits per heavy atom. The van der Waals surface area contributed by atoms with Crippen molar-refractivity contribution in [2.75, 3.05) is 39.5 Å². The van der Waals surface area contributed by atoms with Crippen molar-refractivity contribution in [2.24, 2.45) is 4.99 Å². The van der Waals surface area contributed by atoms with Crippen LogP contribution in [0.15, 0.2) is 41.5 Å². The summed E-state index contributed by atoms with van der Waals surface area (Å²) in [6, 6.07) is 9.99. The van der Waals surface area contributed by atoms with E-state index in [0.29, 0.717) is 25.7 Å². The summed E-state index contributed by atoms with van der Waals surface area (Å²) >= 11 is 0. The number of aromatic amines is 1. The fourth-order valence-electron chi connectivity index (χ4n) is 3.45. The lowest BCUT2D eigenvalue weighted by molar-refractivity contribution is 0.0200. The van der Waals surface area contributed by atoms with E-state index in [-0.39, 0.29) is 42.4 Å². The molecule has 1 fully saturated rings. The van der Waals surface area contributed by atoms with E-state index in [1.54, 1.807) is 7.05 Å². The minimum atomic E-state index is -3.38. The molecule has 1 aromatic carbocycles. The number of halogens is 1. The Morgan fingerprint density at radius 3 is 2.78 bits per heavy atom. The molecule has 0 radical (unpaired) electrons. The highest BCUT2D eigenvalue weighted by atomic mass is 127. The normalized spacial score (nSPS) is 16.9. The first-order chi connectivity index (χ1) is 15.0. The number of aromatic nitrogens is 2. The summed E-state index contributed by atoms with van der Waals surface area (Å²) in [4.78, 5) is 13.9. The summed E-state index contributed by atoms with van der Waals surface area (Å²) in [7, 11) is 0.171. The Balaban J connectivity index is 0.00000363. The molecule has 178 valence electrons. The molecule has 1 aliphatic heterocycles. The van der Waals surface area contributed by atoms with Crippen LogP contribution in [0.3, 0.4) is 0 Å². The predicted molar refractivity (Wildman–Crippen MR) is 138 cm³/mol. The first-order valence-corrected chi connectivity index (χ1v) is 12.2. The molecule has 1 saturated heterocycles. The van der Waals surface area contributed by atoms with Crippen LogP contribution in [0.5, 0.6) is 0 Å². The van der Waals surface area contributed by atoms with Gasteiger partial charge in [0, 0.05) is 33.8 Å². The molecule has 1 aliphatic rings. The maximum atomic E-state index is 12.3. The number of nitrogens with zero attached hydrogens (tertiary/aromatic N) is 3. The summed E-state index contributed by atoms with van der Waals surface area (Å²) < 4.78 is 32.8. The number of H-pyrrole nitrogens is 1. The average Bonchev–Trinajstić information content (AvgIpc) is 3.25. The van der Waals surface area contributed by atoms with Gasteiger partial charge in [-0.05, 0) is 24.8 Å². The van der Waals surface area contributed by atoms with Gasteiger partial charge in [-0.1, -0.05) is 30.3 Å². The third kappa shape index (κ3) is 8.34. The van der Waals surface area contributed by atoms with Crippen molar-refractivity contribution in [1.82, 2.24) is 24.9 Å². The SMILES string of the molecule is CN=C(NCCS(=O)(=O)NCC1CCCCO1)N(C)Cc1ncc(-c2ccccc2)[nH]1.I. The Bertz CT molecular complexity index is 945. The molecule has 0 aliphatic carbocycles. The van der Waals surface area contributed by atoms with Crippen molar-refractivity contribution in [3.63, 3.8) is 0 Å². The smallest absolute Gasteiger partial charge is 0.213 e. The maximum Gasteiger partial charge on any atom is 0.213 e. The zero-order valence-electron chi connectivity index (χ0n) is 18.6. The van der Waals surface area contributed by atoms with Gasteiger partial charge in [0.25, 0.3) is 0 Å². The van der Waals surface area contributed by atoms with E-state index in [2.05, 4.69) is 25.0 Å². The van der Waals surface area contributed by atoms with E-state index in [9.17, 15) is 8.42 Å². The van der Waals surface area contributed by atoms with Gasteiger partial charge in [0.1, 0.15) is 5.82 Å². The number of benzene rings is 1. The summed E-state index contributed by atoms with van der Waals surface area (Å²) in [6.07, 6.45) is 4.81. The zero-order chi connectivity index (χ0) is 22.1. The Kier molecular flexibility index (Phi) is 10.9. The third-order valence-electron chi connectivity index (χ3n) is 5.13. The number of guanidine groups is 1. The van der Waals surface area contributed by atoms with Crippen LogP contribution in [0, 0.1) is 0 Å². The fraction of sp³-hybridized carbons (Fsp3) is 0.524. The standard InChI is InChI=1S/C21H32N6O3S.HI/c1-22-21(23-11-13-31(28,29)25-14-18-10-6-7-12-30-18)27(2)16-20-24-15-19(26-20)17-8-4-3-5-9-17;/h3-5,8-9,15,18,25H,6-7,10-14,16H2,1-2H3,(H,22,23)(H,24,26);1H. The van der Waals surface area contributed by atoms with Crippen molar-refractivity contribution in [3.05, 3.63) is 42.4 Å². The van der Waals surface area contributed by atoms with Gasteiger partial charge in [0.15, 0.2) is 5.96 Å². The van der Waals surface area contributed by atoms with Crippen LogP contribution < -0.4 is 10.0 Å². The van der Waals surface area contributed by atoms with E-state index in [1.807, 2.05) is 48.5 Å². The second-order valence-electron chi connectivity index (χ2n) is 7.60. The Labute approximate surface area is 207 Å². The van der Waals surface area contributed by atoms with Gasteiger partial charge >= 0.3 is 0 Å². The van der Waals surface area contributed by atoms with Gasteiger partial charge in [0.05, 0.1) is 30.3 Å². The molecular weight excluding hydrogens is 543 g/mol. The summed E-state index contributed by atoms with van der Waals surface area (Å²) in [6.45, 7) is 1.81. The molecule has 32 heavy (non-hydrogen) atoms. The minimum absolute atomic E-state index is 0. The van der Waals surface area contributed by atoms with Crippen LogP contribution in [-0.4, -0.2) is 74.9 Å². The number of hydrogen-bond acceptors (Lipinski definition) is 5. The average molecular weight is 577 g/mol. The lowest BCUT2D eigenvalue weighted by Crippen LogP contribution is -2.43. The zero-order valence-corrected chi connectivity index (χ0v) is 21.7. The van der Waals surface area contributed by atoms with E-state index in [4.69, 9.17) is 4.74 Å². The van der Waals surface area contributed by atoms with Gasteiger partial charge in [0.2, 0.25) is 10.0 Å². The summed E-state index contributed by atoms with van der Waals surface area (Å²) in [5.41, 5.74) is 2.02.